The minimum atomic E-state index is -0.360. The van der Waals surface area contributed by atoms with Crippen LogP contribution in [0, 0.1) is 0 Å². The fourth-order valence-corrected chi connectivity index (χ4v) is 1.45. The van der Waals surface area contributed by atoms with Gasteiger partial charge in [0.15, 0.2) is 0 Å². The van der Waals surface area contributed by atoms with Gasteiger partial charge < -0.3 is 20.1 Å². The van der Waals surface area contributed by atoms with Gasteiger partial charge in [-0.05, 0) is 27.7 Å². The molecule has 0 aliphatic carbocycles. The summed E-state index contributed by atoms with van der Waals surface area (Å²) < 4.78 is 9.72. The zero-order valence-corrected chi connectivity index (χ0v) is 13.0. The molecule has 0 atom stereocenters. The highest BCUT2D eigenvalue weighted by molar-refractivity contribution is 5.77. The zero-order chi connectivity index (χ0) is 15.4. The molecule has 6 heteroatoms. The van der Waals surface area contributed by atoms with Gasteiger partial charge in [0.1, 0.15) is 0 Å². The fraction of sp³-hybridized carbons (Fsp3) is 0.857. The molecule has 1 heterocycles. The van der Waals surface area contributed by atoms with Gasteiger partial charge >= 0.3 is 11.9 Å². The molecule has 0 amide bonds. The Kier molecular flexibility index (Phi) is 11.0. The first-order chi connectivity index (χ1) is 9.41. The highest BCUT2D eigenvalue weighted by Gasteiger charge is 2.11. The molecular formula is C14H28N2O4. The monoisotopic (exact) mass is 288 g/mol. The molecule has 1 rings (SSSR count). The summed E-state index contributed by atoms with van der Waals surface area (Å²) in [6, 6.07) is 0. The molecule has 6 nitrogen and oxygen atoms in total. The van der Waals surface area contributed by atoms with E-state index in [1.807, 2.05) is 0 Å². The summed E-state index contributed by atoms with van der Waals surface area (Å²) in [5, 5.41) is 6.44. The number of carbonyl (C=O) groups is 2. The molecule has 0 saturated carbocycles. The molecule has 2 N–H and O–H groups in total. The van der Waals surface area contributed by atoms with Crippen molar-refractivity contribution in [2.45, 2.75) is 52.7 Å². The molecule has 0 aromatic heterocycles. The van der Waals surface area contributed by atoms with Crippen LogP contribution in [0.1, 0.15) is 40.5 Å². The molecule has 1 aliphatic rings. The lowest BCUT2D eigenvalue weighted by Crippen LogP contribution is -2.39. The summed E-state index contributed by atoms with van der Waals surface area (Å²) in [7, 11) is 0. The summed E-state index contributed by atoms with van der Waals surface area (Å²) in [6.07, 6.45) is -0.0970. The van der Waals surface area contributed by atoms with Gasteiger partial charge in [-0.2, -0.15) is 0 Å². The third kappa shape index (κ3) is 13.3. The van der Waals surface area contributed by atoms with Gasteiger partial charge in [-0.1, -0.05) is 0 Å². The van der Waals surface area contributed by atoms with E-state index in [4.69, 9.17) is 9.47 Å². The van der Waals surface area contributed by atoms with Crippen molar-refractivity contribution in [1.29, 1.82) is 0 Å². The first kappa shape index (κ1) is 18.9. The quantitative estimate of drug-likeness (QED) is 0.730. The van der Waals surface area contributed by atoms with E-state index in [1.165, 1.54) is 0 Å². The van der Waals surface area contributed by atoms with Crippen molar-refractivity contribution >= 4 is 11.9 Å². The second-order valence-corrected chi connectivity index (χ2v) is 5.08. The van der Waals surface area contributed by atoms with E-state index in [0.717, 1.165) is 26.2 Å². The Morgan fingerprint density at radius 3 is 1.30 bits per heavy atom. The predicted octanol–water partition coefficient (Wildman–Crippen LogP) is 0.849. The standard InChI is InChI=1S/C10H18O4.C4H10N2/c1-7(2)13-9(11)5-6-10(12)14-8(3)4;1-2-6-4-3-5-1/h7-8H,5-6H2,1-4H3;5-6H,1-4H2. The Morgan fingerprint density at radius 1 is 0.800 bits per heavy atom. The molecule has 20 heavy (non-hydrogen) atoms. The number of piperazine rings is 1. The van der Waals surface area contributed by atoms with E-state index in [1.54, 1.807) is 27.7 Å². The second-order valence-electron chi connectivity index (χ2n) is 5.08. The minimum absolute atomic E-state index is 0.0870. The molecule has 0 aromatic carbocycles. The molecule has 0 bridgehead atoms. The van der Waals surface area contributed by atoms with E-state index in [9.17, 15) is 9.59 Å². The van der Waals surface area contributed by atoms with Crippen molar-refractivity contribution in [2.24, 2.45) is 0 Å². The first-order valence-corrected chi connectivity index (χ1v) is 7.22. The summed E-state index contributed by atoms with van der Waals surface area (Å²) in [4.78, 5) is 22.0. The lowest BCUT2D eigenvalue weighted by atomic mass is 10.3. The fourth-order valence-electron chi connectivity index (χ4n) is 1.45. The van der Waals surface area contributed by atoms with Gasteiger partial charge in [-0.15, -0.1) is 0 Å². The van der Waals surface area contributed by atoms with E-state index in [0.29, 0.717) is 0 Å². The summed E-state index contributed by atoms with van der Waals surface area (Å²) in [5.41, 5.74) is 0. The zero-order valence-electron chi connectivity index (χ0n) is 13.0. The topological polar surface area (TPSA) is 76.7 Å². The molecule has 1 aliphatic heterocycles. The van der Waals surface area contributed by atoms with Crippen molar-refractivity contribution < 1.29 is 19.1 Å². The van der Waals surface area contributed by atoms with Crippen LogP contribution < -0.4 is 10.6 Å². The third-order valence-electron chi connectivity index (χ3n) is 2.22. The smallest absolute Gasteiger partial charge is 0.306 e. The highest BCUT2D eigenvalue weighted by Crippen LogP contribution is 2.00. The number of esters is 2. The number of hydrogen-bond acceptors (Lipinski definition) is 6. The lowest BCUT2D eigenvalue weighted by Gasteiger charge is -2.11. The van der Waals surface area contributed by atoms with Crippen molar-refractivity contribution in [1.82, 2.24) is 10.6 Å². The Hall–Kier alpha value is -1.14. The summed E-state index contributed by atoms with van der Waals surface area (Å²) in [6.45, 7) is 11.6. The largest absolute Gasteiger partial charge is 0.463 e. The van der Waals surface area contributed by atoms with Crippen LogP contribution in [-0.2, 0) is 19.1 Å². The summed E-state index contributed by atoms with van der Waals surface area (Å²) >= 11 is 0. The average molecular weight is 288 g/mol. The van der Waals surface area contributed by atoms with Crippen molar-refractivity contribution in [2.75, 3.05) is 26.2 Å². The van der Waals surface area contributed by atoms with E-state index in [2.05, 4.69) is 10.6 Å². The predicted molar refractivity (Wildman–Crippen MR) is 77.4 cm³/mol. The Bertz CT molecular complexity index is 243. The van der Waals surface area contributed by atoms with E-state index < -0.39 is 0 Å². The van der Waals surface area contributed by atoms with E-state index >= 15 is 0 Å². The van der Waals surface area contributed by atoms with Gasteiger partial charge in [0, 0.05) is 26.2 Å². The SMILES string of the molecule is C1CNCCN1.CC(C)OC(=O)CCC(=O)OC(C)C. The van der Waals surface area contributed by atoms with Gasteiger partial charge in [-0.25, -0.2) is 0 Å². The van der Waals surface area contributed by atoms with Crippen LogP contribution in [0.2, 0.25) is 0 Å². The number of nitrogens with one attached hydrogen (secondary N) is 2. The normalized spacial score (nSPS) is 14.5. The molecular weight excluding hydrogens is 260 g/mol. The second kappa shape index (κ2) is 11.7. The van der Waals surface area contributed by atoms with Gasteiger partial charge in [0.05, 0.1) is 25.0 Å². The molecule has 0 spiro atoms. The average Bonchev–Trinajstić information content (AvgIpc) is 2.38. The highest BCUT2D eigenvalue weighted by atomic mass is 16.5. The molecule has 0 radical (unpaired) electrons. The van der Waals surface area contributed by atoms with Crippen LogP contribution >= 0.6 is 0 Å². The van der Waals surface area contributed by atoms with Crippen molar-refractivity contribution in [3.8, 4) is 0 Å². The van der Waals surface area contributed by atoms with Gasteiger partial charge in [-0.3, -0.25) is 9.59 Å². The summed E-state index contributed by atoms with van der Waals surface area (Å²) in [5.74, 6) is -0.721. The Morgan fingerprint density at radius 2 is 1.10 bits per heavy atom. The number of carbonyl (C=O) groups excluding carboxylic acids is 2. The Balaban J connectivity index is 0.000000493. The molecule has 1 fully saturated rings. The molecule has 0 aromatic rings. The van der Waals surface area contributed by atoms with Crippen LogP contribution in [0.3, 0.4) is 0 Å². The van der Waals surface area contributed by atoms with Crippen LogP contribution in [0.15, 0.2) is 0 Å². The molecule has 118 valence electrons. The first-order valence-electron chi connectivity index (χ1n) is 7.22. The number of rotatable bonds is 5. The maximum Gasteiger partial charge on any atom is 0.306 e. The lowest BCUT2D eigenvalue weighted by molar-refractivity contribution is -0.154. The number of ether oxygens (including phenoxy) is 2. The molecule has 0 unspecified atom stereocenters. The molecule has 1 saturated heterocycles. The third-order valence-corrected chi connectivity index (χ3v) is 2.22. The van der Waals surface area contributed by atoms with Crippen LogP contribution in [0.4, 0.5) is 0 Å². The van der Waals surface area contributed by atoms with Crippen molar-refractivity contribution in [3.63, 3.8) is 0 Å². The van der Waals surface area contributed by atoms with Crippen LogP contribution in [0.5, 0.6) is 0 Å². The maximum atomic E-state index is 11.0. The minimum Gasteiger partial charge on any atom is -0.463 e. The van der Waals surface area contributed by atoms with Gasteiger partial charge in [0.2, 0.25) is 0 Å². The Labute approximate surface area is 121 Å². The van der Waals surface area contributed by atoms with Gasteiger partial charge in [0.25, 0.3) is 0 Å². The number of hydrogen-bond donors (Lipinski definition) is 2. The van der Waals surface area contributed by atoms with E-state index in [-0.39, 0.29) is 37.0 Å². The van der Waals surface area contributed by atoms with Crippen LogP contribution in [-0.4, -0.2) is 50.3 Å². The van der Waals surface area contributed by atoms with Crippen molar-refractivity contribution in [3.05, 3.63) is 0 Å². The maximum absolute atomic E-state index is 11.0. The van der Waals surface area contributed by atoms with Crippen LogP contribution in [0.25, 0.3) is 0 Å².